The van der Waals surface area contributed by atoms with Crippen LogP contribution in [0.5, 0.6) is 0 Å². The second-order valence-electron chi connectivity index (χ2n) is 9.49. The van der Waals surface area contributed by atoms with Gasteiger partial charge in [-0.1, -0.05) is 24.3 Å². The van der Waals surface area contributed by atoms with Crippen LogP contribution in [0.3, 0.4) is 0 Å². The van der Waals surface area contributed by atoms with Crippen LogP contribution in [0.2, 0.25) is 0 Å². The molecule has 0 aliphatic rings. The van der Waals surface area contributed by atoms with Crippen LogP contribution in [-0.4, -0.2) is 53.0 Å². The maximum absolute atomic E-state index is 14.2. The Morgan fingerprint density at radius 2 is 1.56 bits per heavy atom. The summed E-state index contributed by atoms with van der Waals surface area (Å²) in [6.07, 6.45) is -4.84. The number of ketones is 1. The van der Waals surface area contributed by atoms with Gasteiger partial charge in [-0.25, -0.2) is 13.6 Å². The highest BCUT2D eigenvalue weighted by Crippen LogP contribution is 2.25. The van der Waals surface area contributed by atoms with Crippen molar-refractivity contribution in [2.45, 2.75) is 57.8 Å². The zero-order chi connectivity index (χ0) is 30.0. The Morgan fingerprint density at radius 3 is 2.10 bits per heavy atom. The third-order valence-electron chi connectivity index (χ3n) is 4.89. The van der Waals surface area contributed by atoms with Gasteiger partial charge < -0.3 is 21.5 Å². The summed E-state index contributed by atoms with van der Waals surface area (Å²) in [5.41, 5.74) is 3.89. The normalized spacial score (nSPS) is 12.0. The van der Waals surface area contributed by atoms with Crippen LogP contribution in [0.25, 0.3) is 11.1 Å². The fourth-order valence-electron chi connectivity index (χ4n) is 3.13. The average molecular weight is 561 g/mol. The van der Waals surface area contributed by atoms with Crippen molar-refractivity contribution < 1.29 is 52.0 Å². The molecule has 0 aromatic heterocycles. The van der Waals surface area contributed by atoms with E-state index in [4.69, 9.17) is 9.90 Å². The summed E-state index contributed by atoms with van der Waals surface area (Å²) in [6, 6.07) is 9.22. The summed E-state index contributed by atoms with van der Waals surface area (Å²) in [4.78, 5) is 45.4. The van der Waals surface area contributed by atoms with Crippen LogP contribution < -0.4 is 16.4 Å². The van der Waals surface area contributed by atoms with Gasteiger partial charge in [0.25, 0.3) is 5.91 Å². The van der Waals surface area contributed by atoms with Gasteiger partial charge in [0.1, 0.15) is 11.6 Å². The Kier molecular flexibility index (Phi) is 12.2. The number of aliphatic carboxylic acids is 1. The van der Waals surface area contributed by atoms with Crippen molar-refractivity contribution in [3.05, 3.63) is 59.7 Å². The number of quaternary nitrogens is 1. The Morgan fingerprint density at radius 1 is 0.974 bits per heavy atom. The summed E-state index contributed by atoms with van der Waals surface area (Å²) >= 11 is 0. The molecule has 13 heteroatoms. The van der Waals surface area contributed by atoms with E-state index in [0.29, 0.717) is 5.56 Å². The average Bonchev–Trinajstić information content (AvgIpc) is 2.80. The molecule has 0 spiro atoms. The van der Waals surface area contributed by atoms with Crippen molar-refractivity contribution in [1.82, 2.24) is 10.6 Å². The smallest absolute Gasteiger partial charge is 0.475 e. The van der Waals surface area contributed by atoms with Gasteiger partial charge in [-0.3, -0.25) is 14.4 Å². The van der Waals surface area contributed by atoms with Crippen molar-refractivity contribution in [2.24, 2.45) is 0 Å². The summed E-state index contributed by atoms with van der Waals surface area (Å²) in [6.45, 7) is 5.71. The first-order chi connectivity index (χ1) is 17.9. The van der Waals surface area contributed by atoms with E-state index >= 15 is 0 Å². The first-order valence-corrected chi connectivity index (χ1v) is 11.7. The number of carboxylic acids is 1. The Bertz CT molecular complexity index is 1180. The van der Waals surface area contributed by atoms with Gasteiger partial charge in [0.15, 0.2) is 11.8 Å². The molecule has 39 heavy (non-hydrogen) atoms. The van der Waals surface area contributed by atoms with E-state index in [0.717, 1.165) is 6.07 Å². The number of carboxylic acid groups (broad SMARTS) is 1. The van der Waals surface area contributed by atoms with E-state index < -0.39 is 47.1 Å². The molecule has 0 bridgehead atoms. The number of benzene rings is 2. The van der Waals surface area contributed by atoms with Crippen LogP contribution in [0.15, 0.2) is 42.5 Å². The number of nitrogens with one attached hydrogen (secondary N) is 2. The molecule has 6 N–H and O–H groups in total. The number of carbonyl (C=O) groups is 4. The van der Waals surface area contributed by atoms with Crippen molar-refractivity contribution in [2.75, 3.05) is 6.54 Å². The SMILES string of the molecule is CC(C)(C)NC(=O)C[C@H]([NH3+])C(=O)NCCCC(=O)c1cc(-c2ccccc2F)ccc1F.O=C(O)C(F)(F)F. The molecular weight excluding hydrogens is 529 g/mol. The summed E-state index contributed by atoms with van der Waals surface area (Å²) in [5, 5.41) is 12.5. The predicted octanol–water partition coefficient (Wildman–Crippen LogP) is 3.26. The highest BCUT2D eigenvalue weighted by molar-refractivity contribution is 5.97. The minimum Gasteiger partial charge on any atom is -0.475 e. The molecule has 0 saturated heterocycles. The lowest BCUT2D eigenvalue weighted by Gasteiger charge is -2.21. The minimum absolute atomic E-state index is 0.00421. The number of alkyl halides is 3. The quantitative estimate of drug-likeness (QED) is 0.212. The summed E-state index contributed by atoms with van der Waals surface area (Å²) < 4.78 is 59.9. The van der Waals surface area contributed by atoms with E-state index in [1.165, 1.54) is 18.2 Å². The van der Waals surface area contributed by atoms with Crippen molar-refractivity contribution in [1.29, 1.82) is 0 Å². The fraction of sp³-hybridized carbons (Fsp3) is 0.385. The molecular formula is C26H31F5N3O5+. The van der Waals surface area contributed by atoms with Gasteiger partial charge in [-0.05, 0) is 51.0 Å². The molecule has 0 aliphatic heterocycles. The zero-order valence-corrected chi connectivity index (χ0v) is 21.6. The molecule has 0 heterocycles. The number of rotatable bonds is 9. The monoisotopic (exact) mass is 560 g/mol. The number of amides is 2. The number of hydrogen-bond acceptors (Lipinski definition) is 4. The van der Waals surface area contributed by atoms with E-state index in [-0.39, 0.29) is 42.8 Å². The number of carbonyl (C=O) groups excluding carboxylic acids is 3. The van der Waals surface area contributed by atoms with Crippen LogP contribution in [0, 0.1) is 11.6 Å². The van der Waals surface area contributed by atoms with Crippen molar-refractivity contribution in [3.63, 3.8) is 0 Å². The maximum Gasteiger partial charge on any atom is 0.490 e. The first-order valence-electron chi connectivity index (χ1n) is 11.7. The molecule has 0 radical (unpaired) electrons. The van der Waals surface area contributed by atoms with Gasteiger partial charge in [-0.2, -0.15) is 13.2 Å². The second-order valence-corrected chi connectivity index (χ2v) is 9.49. The van der Waals surface area contributed by atoms with Gasteiger partial charge in [-0.15, -0.1) is 0 Å². The maximum atomic E-state index is 14.2. The van der Waals surface area contributed by atoms with E-state index in [2.05, 4.69) is 16.4 Å². The molecule has 0 aliphatic carbocycles. The fourth-order valence-corrected chi connectivity index (χ4v) is 3.13. The third kappa shape index (κ3) is 12.0. The van der Waals surface area contributed by atoms with Gasteiger partial charge in [0, 0.05) is 24.1 Å². The lowest BCUT2D eigenvalue weighted by molar-refractivity contribution is -0.402. The molecule has 2 aromatic rings. The minimum atomic E-state index is -5.08. The van der Waals surface area contributed by atoms with Crippen molar-refractivity contribution in [3.8, 4) is 11.1 Å². The standard InChI is InChI=1S/C24H29F2N3O3.C2HF3O2/c1-24(2,3)29-22(31)14-20(27)23(32)28-12-6-9-21(30)17-13-15(10-11-19(17)26)16-7-4-5-8-18(16)25;3-2(4,5)1(6)7/h4-5,7-8,10-11,13,20H,6,9,12,14,27H2,1-3H3,(H,28,32)(H,29,31);(H,6,7)/p+1/t20-;/m0./s1. The van der Waals surface area contributed by atoms with Crippen LogP contribution >= 0.6 is 0 Å². The highest BCUT2D eigenvalue weighted by atomic mass is 19.4. The molecule has 214 valence electrons. The number of Topliss-reactive ketones (excluding diaryl/α,β-unsaturated/α-hetero) is 1. The highest BCUT2D eigenvalue weighted by Gasteiger charge is 2.38. The third-order valence-corrected chi connectivity index (χ3v) is 4.89. The Hall–Kier alpha value is -3.87. The van der Waals surface area contributed by atoms with Gasteiger partial charge in [0.2, 0.25) is 5.91 Å². The molecule has 0 fully saturated rings. The van der Waals surface area contributed by atoms with E-state index in [9.17, 15) is 36.3 Å². The second kappa shape index (κ2) is 14.3. The predicted molar refractivity (Wildman–Crippen MR) is 131 cm³/mol. The number of hydrogen-bond donors (Lipinski definition) is 4. The largest absolute Gasteiger partial charge is 0.490 e. The molecule has 0 unspecified atom stereocenters. The van der Waals surface area contributed by atoms with Crippen LogP contribution in [0.1, 0.15) is 50.4 Å². The van der Waals surface area contributed by atoms with Crippen LogP contribution in [-0.2, 0) is 14.4 Å². The number of halogens is 5. The van der Waals surface area contributed by atoms with Gasteiger partial charge in [0.05, 0.1) is 12.0 Å². The van der Waals surface area contributed by atoms with E-state index in [1.54, 1.807) is 18.2 Å². The molecule has 1 atom stereocenters. The molecule has 0 saturated carbocycles. The molecule has 2 amide bonds. The Balaban J connectivity index is 0.000000956. The zero-order valence-electron chi connectivity index (χ0n) is 21.6. The topological polar surface area (TPSA) is 140 Å². The lowest BCUT2D eigenvalue weighted by atomic mass is 9.98. The summed E-state index contributed by atoms with van der Waals surface area (Å²) in [7, 11) is 0. The first kappa shape index (κ1) is 33.2. The van der Waals surface area contributed by atoms with Crippen molar-refractivity contribution >= 4 is 23.6 Å². The van der Waals surface area contributed by atoms with Crippen LogP contribution in [0.4, 0.5) is 22.0 Å². The molecule has 2 rings (SSSR count). The van der Waals surface area contributed by atoms with Gasteiger partial charge >= 0.3 is 12.1 Å². The van der Waals surface area contributed by atoms with E-state index in [1.807, 2.05) is 20.8 Å². The lowest BCUT2D eigenvalue weighted by Crippen LogP contribution is -2.68. The summed E-state index contributed by atoms with van der Waals surface area (Å²) in [5.74, 6) is -5.00. The molecule has 2 aromatic carbocycles. The molecule has 8 nitrogen and oxygen atoms in total. The Labute approximate surface area is 221 Å².